The Balaban J connectivity index is 4.22. The van der Waals surface area contributed by atoms with E-state index in [9.17, 15) is 22.4 Å². The number of rotatable bonds is 1. The Morgan fingerprint density at radius 1 is 1.14 bits per heavy atom. The molecule has 0 aromatic heterocycles. The van der Waals surface area contributed by atoms with Gasteiger partial charge in [-0.2, -0.15) is 5.26 Å². The maximum absolute atomic E-state index is 13.9. The van der Waals surface area contributed by atoms with E-state index in [-0.39, 0.29) is 0 Å². The topological polar surface area (TPSA) is 54.5 Å². The molecule has 4 nitrogen and oxygen atoms in total. The molecule has 1 aromatic rings. The summed E-state index contributed by atoms with van der Waals surface area (Å²) < 4.78 is 59.4. The van der Waals surface area contributed by atoms with Gasteiger partial charge in [0, 0.05) is 5.57 Å². The van der Waals surface area contributed by atoms with Crippen molar-refractivity contribution >= 4 is 17.2 Å². The number of nitriles is 1. The van der Waals surface area contributed by atoms with Crippen molar-refractivity contribution in [2.45, 2.75) is 6.92 Å². The van der Waals surface area contributed by atoms with Crippen LogP contribution in [0.25, 0.3) is 16.1 Å². The second-order valence-corrected chi connectivity index (χ2v) is 3.69. The largest absolute Gasteiger partial charge is 0.474 e. The summed E-state index contributed by atoms with van der Waals surface area (Å²) in [6.45, 7) is 7.65. The van der Waals surface area contributed by atoms with Crippen LogP contribution in [0.1, 0.15) is 6.92 Å². The molecule has 0 aliphatic rings. The SMILES string of the molecule is [C-]#[N+]C(C(=O)OC)=c1c(F)c(F)c(=C(C)C#N)c(F)c1F. The number of nitrogens with zero attached hydrogens (tertiary/aromatic N) is 2. The molecule has 0 N–H and O–H groups in total. The van der Waals surface area contributed by atoms with E-state index in [1.54, 1.807) is 0 Å². The van der Waals surface area contributed by atoms with Crippen molar-refractivity contribution < 1.29 is 27.1 Å². The van der Waals surface area contributed by atoms with Gasteiger partial charge in [0.05, 0.1) is 30.2 Å². The van der Waals surface area contributed by atoms with Crippen molar-refractivity contribution in [3.63, 3.8) is 0 Å². The van der Waals surface area contributed by atoms with Crippen LogP contribution in [0.4, 0.5) is 17.6 Å². The molecule has 0 atom stereocenters. The van der Waals surface area contributed by atoms with Crippen molar-refractivity contribution in [3.8, 4) is 6.07 Å². The Morgan fingerprint density at radius 2 is 1.57 bits per heavy atom. The molecule has 0 saturated heterocycles. The fourth-order valence-electron chi connectivity index (χ4n) is 1.53. The first-order chi connectivity index (χ1) is 9.81. The van der Waals surface area contributed by atoms with E-state index in [1.807, 2.05) is 0 Å². The van der Waals surface area contributed by atoms with Crippen molar-refractivity contribution in [1.82, 2.24) is 0 Å². The van der Waals surface area contributed by atoms with Crippen molar-refractivity contribution in [1.29, 1.82) is 5.26 Å². The minimum atomic E-state index is -1.95. The second-order valence-electron chi connectivity index (χ2n) is 3.69. The molecule has 0 aliphatic carbocycles. The van der Waals surface area contributed by atoms with Crippen LogP contribution in [0.5, 0.6) is 0 Å². The summed E-state index contributed by atoms with van der Waals surface area (Å²) in [5.74, 6) is -9.08. The number of hydrogen-bond donors (Lipinski definition) is 0. The first-order valence-electron chi connectivity index (χ1n) is 5.24. The lowest BCUT2D eigenvalue weighted by Crippen LogP contribution is -2.32. The summed E-state index contributed by atoms with van der Waals surface area (Å²) in [6.07, 6.45) is 0. The summed E-state index contributed by atoms with van der Waals surface area (Å²) in [5.41, 5.74) is -1.84. The molecule has 0 bridgehead atoms. The van der Waals surface area contributed by atoms with Crippen LogP contribution >= 0.6 is 0 Å². The van der Waals surface area contributed by atoms with Gasteiger partial charge in [-0.1, -0.05) is 0 Å². The number of halogens is 4. The van der Waals surface area contributed by atoms with E-state index in [0.717, 1.165) is 14.0 Å². The number of hydrogen-bond acceptors (Lipinski definition) is 3. The first kappa shape index (κ1) is 16.2. The summed E-state index contributed by atoms with van der Waals surface area (Å²) in [6, 6.07) is 1.36. The number of methoxy groups -OCH3 is 1. The average molecular weight is 298 g/mol. The van der Waals surface area contributed by atoms with Crippen molar-refractivity contribution in [2.24, 2.45) is 0 Å². The zero-order valence-corrected chi connectivity index (χ0v) is 10.7. The van der Waals surface area contributed by atoms with E-state index in [1.165, 1.54) is 6.07 Å². The molecule has 0 aliphatic heterocycles. The van der Waals surface area contributed by atoms with Crippen LogP contribution in [0, 0.1) is 41.2 Å². The van der Waals surface area contributed by atoms with Gasteiger partial charge in [0.1, 0.15) is 0 Å². The molecule has 1 aromatic carbocycles. The molecule has 0 heterocycles. The minimum absolute atomic E-state index is 0.600. The summed E-state index contributed by atoms with van der Waals surface area (Å²) >= 11 is 0. The van der Waals surface area contributed by atoms with Crippen LogP contribution in [0.2, 0.25) is 0 Å². The number of ether oxygens (including phenoxy) is 1. The molecule has 0 saturated carbocycles. The van der Waals surface area contributed by atoms with E-state index >= 15 is 0 Å². The highest BCUT2D eigenvalue weighted by Crippen LogP contribution is 2.08. The van der Waals surface area contributed by atoms with Gasteiger partial charge in [0.15, 0.2) is 23.3 Å². The van der Waals surface area contributed by atoms with Gasteiger partial charge in [-0.05, 0) is 6.92 Å². The molecule has 21 heavy (non-hydrogen) atoms. The third kappa shape index (κ3) is 2.56. The standard InChI is InChI=1S/C13H6F4N2O2/c1-5(4-18)6-8(14)10(16)7(11(17)9(6)15)12(19-2)13(20)21-3/h1,3H3. The molecule has 0 spiro atoms. The molecule has 0 unspecified atom stereocenters. The van der Waals surface area contributed by atoms with Crippen LogP contribution in [-0.2, 0) is 9.53 Å². The normalized spacial score (nSPS) is 9.52. The van der Waals surface area contributed by atoms with Gasteiger partial charge < -0.3 is 4.74 Å². The zero-order chi connectivity index (χ0) is 16.3. The molecule has 0 amide bonds. The zero-order valence-electron chi connectivity index (χ0n) is 10.7. The van der Waals surface area contributed by atoms with Crippen LogP contribution < -0.4 is 10.4 Å². The Labute approximate surface area is 116 Å². The Hall–Kier alpha value is -2.87. The van der Waals surface area contributed by atoms with Gasteiger partial charge in [-0.15, -0.1) is 0 Å². The van der Waals surface area contributed by atoms with Crippen LogP contribution in [0.3, 0.4) is 0 Å². The molecule has 1 rings (SSSR count). The highest BCUT2D eigenvalue weighted by molar-refractivity contribution is 6.12. The molecule has 108 valence electrons. The lowest BCUT2D eigenvalue weighted by Gasteiger charge is -2.04. The Kier molecular flexibility index (Phi) is 4.67. The van der Waals surface area contributed by atoms with Crippen molar-refractivity contribution in [3.05, 3.63) is 45.1 Å². The number of carbonyl (C=O) groups is 1. The molecule has 0 fully saturated rings. The van der Waals surface area contributed by atoms with Gasteiger partial charge >= 0.3 is 5.97 Å². The lowest BCUT2D eigenvalue weighted by molar-refractivity contribution is -0.133. The molecular formula is C13H6F4N2O2. The minimum Gasteiger partial charge on any atom is -0.474 e. The Bertz CT molecular complexity index is 797. The fraction of sp³-hybridized carbons (Fsp3) is 0.154. The fourth-order valence-corrected chi connectivity index (χ4v) is 1.53. The predicted molar refractivity (Wildman–Crippen MR) is 62.2 cm³/mol. The van der Waals surface area contributed by atoms with Crippen molar-refractivity contribution in [2.75, 3.05) is 7.11 Å². The highest BCUT2D eigenvalue weighted by Gasteiger charge is 2.24. The molecule has 8 heteroatoms. The number of carbonyl (C=O) groups excluding carboxylic acids is 1. The van der Waals surface area contributed by atoms with E-state index in [0.29, 0.717) is 0 Å². The molecular weight excluding hydrogens is 292 g/mol. The van der Waals surface area contributed by atoms with Gasteiger partial charge in [-0.3, -0.25) is 4.79 Å². The highest BCUT2D eigenvalue weighted by atomic mass is 19.2. The monoisotopic (exact) mass is 298 g/mol. The number of esters is 1. The van der Waals surface area contributed by atoms with Gasteiger partial charge in [0.2, 0.25) is 0 Å². The predicted octanol–water partition coefficient (Wildman–Crippen LogP) is 1.14. The maximum atomic E-state index is 13.9. The van der Waals surface area contributed by atoms with E-state index in [4.69, 9.17) is 11.8 Å². The summed E-state index contributed by atoms with van der Waals surface area (Å²) in [5, 5.41) is 5.92. The maximum Gasteiger partial charge on any atom is 0.336 e. The number of benzene rings is 1. The van der Waals surface area contributed by atoms with Gasteiger partial charge in [0.25, 0.3) is 5.70 Å². The summed E-state index contributed by atoms with van der Waals surface area (Å²) in [4.78, 5) is 13.8. The summed E-state index contributed by atoms with van der Waals surface area (Å²) in [7, 11) is 0.831. The van der Waals surface area contributed by atoms with Crippen LogP contribution in [0.15, 0.2) is 0 Å². The smallest absolute Gasteiger partial charge is 0.336 e. The quantitative estimate of drug-likeness (QED) is 0.338. The Morgan fingerprint density at radius 3 is 1.90 bits per heavy atom. The third-order valence-corrected chi connectivity index (χ3v) is 2.53. The second kappa shape index (κ2) is 6.06. The third-order valence-electron chi connectivity index (χ3n) is 2.53. The van der Waals surface area contributed by atoms with Gasteiger partial charge in [-0.25, -0.2) is 22.4 Å². The lowest BCUT2D eigenvalue weighted by atomic mass is 10.1. The van der Waals surface area contributed by atoms with Crippen LogP contribution in [-0.4, -0.2) is 13.1 Å². The molecule has 0 radical (unpaired) electrons. The van der Waals surface area contributed by atoms with E-state index in [2.05, 4.69) is 9.58 Å². The first-order valence-corrected chi connectivity index (χ1v) is 5.24. The average Bonchev–Trinajstić information content (AvgIpc) is 2.48. The van der Waals surface area contributed by atoms with E-state index < -0.39 is 50.9 Å².